The van der Waals surface area contributed by atoms with E-state index in [1.165, 1.54) is 29.5 Å². The van der Waals surface area contributed by atoms with E-state index >= 15 is 0 Å². The second-order valence-corrected chi connectivity index (χ2v) is 10.5. The van der Waals surface area contributed by atoms with Crippen molar-refractivity contribution in [1.82, 2.24) is 0 Å². The van der Waals surface area contributed by atoms with Gasteiger partial charge in [0, 0.05) is 18.4 Å². The lowest BCUT2D eigenvalue weighted by molar-refractivity contribution is -0.237. The van der Waals surface area contributed by atoms with Crippen LogP contribution in [0.15, 0.2) is 48.5 Å². The zero-order valence-corrected chi connectivity index (χ0v) is 19.0. The average Bonchev–Trinajstić information content (AvgIpc) is 3.41. The fraction of sp³-hybridized carbons (Fsp3) is 0.571. The molecule has 0 aromatic heterocycles. The second kappa shape index (κ2) is 7.86. The molecule has 0 bridgehead atoms. The van der Waals surface area contributed by atoms with Crippen molar-refractivity contribution < 1.29 is 19.3 Å². The molecule has 1 saturated heterocycles. The molecule has 2 aromatic carbocycles. The van der Waals surface area contributed by atoms with Crippen molar-refractivity contribution in [1.29, 1.82) is 0 Å². The SMILES string of the molecule is C[C@]12CC[C@@H]3c4ccc(OCc5ccccc5)cc4CC[C@H]3[C@@H]1[C@@H](CO)CC21OCCO1. The average molecular weight is 435 g/mol. The molecule has 3 fully saturated rings. The first kappa shape index (κ1) is 20.7. The molecule has 0 radical (unpaired) electrons. The van der Waals surface area contributed by atoms with E-state index < -0.39 is 5.79 Å². The standard InChI is InChI=1S/C28H34O4/c1-27-12-11-24-23-10-8-22(30-18-19-5-3-2-4-6-19)15-20(23)7-9-25(24)26(27)21(17-29)16-28(27)31-13-14-32-28/h2-6,8,10,15,21,24-26,29H,7,9,11-14,16-18H2,1H3/t21-,24-,25-,26+,27+/m1/s1. The van der Waals surface area contributed by atoms with Gasteiger partial charge in [-0.25, -0.2) is 0 Å². The molecule has 3 aliphatic carbocycles. The van der Waals surface area contributed by atoms with Gasteiger partial charge in [-0.1, -0.05) is 43.3 Å². The molecular formula is C28H34O4. The Morgan fingerprint density at radius 3 is 2.66 bits per heavy atom. The molecular weight excluding hydrogens is 400 g/mol. The van der Waals surface area contributed by atoms with Crippen LogP contribution in [0, 0.1) is 23.2 Å². The predicted octanol–water partition coefficient (Wildman–Crippen LogP) is 5.08. The van der Waals surface area contributed by atoms with E-state index in [2.05, 4.69) is 49.4 Å². The molecule has 0 unspecified atom stereocenters. The molecule has 4 aliphatic rings. The Labute approximate surface area is 190 Å². The van der Waals surface area contributed by atoms with Gasteiger partial charge < -0.3 is 19.3 Å². The first-order valence-corrected chi connectivity index (χ1v) is 12.3. The molecule has 4 heteroatoms. The van der Waals surface area contributed by atoms with Gasteiger partial charge in [0.1, 0.15) is 12.4 Å². The quantitative estimate of drug-likeness (QED) is 0.729. The van der Waals surface area contributed by atoms with Crippen LogP contribution >= 0.6 is 0 Å². The number of aliphatic hydroxyl groups is 1. The lowest BCUT2D eigenvalue weighted by Crippen LogP contribution is -2.52. The van der Waals surface area contributed by atoms with Crippen LogP contribution in [0.1, 0.15) is 55.2 Å². The molecule has 6 rings (SSSR count). The van der Waals surface area contributed by atoms with Crippen LogP contribution < -0.4 is 4.74 Å². The highest BCUT2D eigenvalue weighted by Gasteiger charge is 2.68. The number of hydrogen-bond acceptors (Lipinski definition) is 4. The van der Waals surface area contributed by atoms with Crippen LogP contribution in [0.25, 0.3) is 0 Å². The van der Waals surface area contributed by atoms with Gasteiger partial charge in [0.15, 0.2) is 5.79 Å². The lowest BCUT2D eigenvalue weighted by atomic mass is 9.53. The first-order chi connectivity index (χ1) is 15.6. The van der Waals surface area contributed by atoms with E-state index in [1.807, 2.05) is 6.07 Å². The molecule has 32 heavy (non-hydrogen) atoms. The van der Waals surface area contributed by atoms with E-state index in [-0.39, 0.29) is 17.9 Å². The number of aryl methyl sites for hydroxylation is 1. The Balaban J connectivity index is 1.25. The van der Waals surface area contributed by atoms with Crippen molar-refractivity contribution in [2.45, 2.75) is 57.3 Å². The molecule has 1 N–H and O–H groups in total. The summed E-state index contributed by atoms with van der Waals surface area (Å²) in [6.07, 6.45) is 5.36. The summed E-state index contributed by atoms with van der Waals surface area (Å²) in [7, 11) is 0. The fourth-order valence-electron chi connectivity index (χ4n) is 7.74. The first-order valence-electron chi connectivity index (χ1n) is 12.3. The monoisotopic (exact) mass is 434 g/mol. The summed E-state index contributed by atoms with van der Waals surface area (Å²) >= 11 is 0. The van der Waals surface area contributed by atoms with Crippen LogP contribution in [-0.2, 0) is 22.5 Å². The van der Waals surface area contributed by atoms with E-state index in [0.717, 1.165) is 25.0 Å². The van der Waals surface area contributed by atoms with Gasteiger partial charge in [0.05, 0.1) is 13.2 Å². The summed E-state index contributed by atoms with van der Waals surface area (Å²) in [5, 5.41) is 10.3. The van der Waals surface area contributed by atoms with E-state index in [1.54, 1.807) is 0 Å². The summed E-state index contributed by atoms with van der Waals surface area (Å²) in [6.45, 7) is 4.58. The summed E-state index contributed by atoms with van der Waals surface area (Å²) in [6, 6.07) is 17.1. The fourth-order valence-corrected chi connectivity index (χ4v) is 7.74. The number of fused-ring (bicyclic) bond motifs is 6. The summed E-state index contributed by atoms with van der Waals surface area (Å²) < 4.78 is 18.7. The number of benzene rings is 2. The Bertz CT molecular complexity index is 967. The third-order valence-electron chi connectivity index (χ3n) is 9.09. The van der Waals surface area contributed by atoms with Crippen LogP contribution in [0.4, 0.5) is 0 Å². The Morgan fingerprint density at radius 2 is 1.88 bits per heavy atom. The third kappa shape index (κ3) is 3.07. The molecule has 4 nitrogen and oxygen atoms in total. The number of hydrogen-bond donors (Lipinski definition) is 1. The second-order valence-electron chi connectivity index (χ2n) is 10.5. The van der Waals surface area contributed by atoms with Crippen molar-refractivity contribution >= 4 is 0 Å². The van der Waals surface area contributed by atoms with Crippen molar-refractivity contribution in [2.24, 2.45) is 23.2 Å². The summed E-state index contributed by atoms with van der Waals surface area (Å²) in [5.41, 5.74) is 4.13. The molecule has 170 valence electrons. The Hall–Kier alpha value is -1.88. The van der Waals surface area contributed by atoms with Crippen LogP contribution in [0.5, 0.6) is 5.75 Å². The highest BCUT2D eigenvalue weighted by atomic mass is 16.7. The largest absolute Gasteiger partial charge is 0.489 e. The maximum absolute atomic E-state index is 10.3. The Morgan fingerprint density at radius 1 is 1.06 bits per heavy atom. The Kier molecular flexibility index (Phi) is 5.09. The van der Waals surface area contributed by atoms with Crippen LogP contribution in [-0.4, -0.2) is 30.7 Å². The summed E-state index contributed by atoms with van der Waals surface area (Å²) in [5.74, 6) is 2.35. The molecule has 0 amide bonds. The van der Waals surface area contributed by atoms with E-state index in [0.29, 0.717) is 37.6 Å². The minimum atomic E-state index is -0.481. The van der Waals surface area contributed by atoms with Gasteiger partial charge in [-0.05, 0) is 78.2 Å². The lowest BCUT2D eigenvalue weighted by Gasteiger charge is -2.53. The van der Waals surface area contributed by atoms with Gasteiger partial charge in [-0.3, -0.25) is 0 Å². The maximum Gasteiger partial charge on any atom is 0.174 e. The number of ether oxygens (including phenoxy) is 3. The maximum atomic E-state index is 10.3. The van der Waals surface area contributed by atoms with Crippen molar-refractivity contribution in [3.05, 3.63) is 65.2 Å². The number of rotatable bonds is 4. The normalized spacial score (nSPS) is 34.7. The highest BCUT2D eigenvalue weighted by Crippen LogP contribution is 2.68. The number of aliphatic hydroxyl groups excluding tert-OH is 1. The van der Waals surface area contributed by atoms with Crippen LogP contribution in [0.2, 0.25) is 0 Å². The van der Waals surface area contributed by atoms with E-state index in [4.69, 9.17) is 14.2 Å². The van der Waals surface area contributed by atoms with Gasteiger partial charge >= 0.3 is 0 Å². The van der Waals surface area contributed by atoms with E-state index in [9.17, 15) is 5.11 Å². The molecule has 2 aromatic rings. The molecule has 2 saturated carbocycles. The van der Waals surface area contributed by atoms with Crippen molar-refractivity contribution in [2.75, 3.05) is 19.8 Å². The van der Waals surface area contributed by atoms with Crippen LogP contribution in [0.3, 0.4) is 0 Å². The van der Waals surface area contributed by atoms with Crippen molar-refractivity contribution in [3.8, 4) is 5.75 Å². The van der Waals surface area contributed by atoms with Gasteiger partial charge in [-0.2, -0.15) is 0 Å². The third-order valence-corrected chi connectivity index (χ3v) is 9.09. The van der Waals surface area contributed by atoms with Gasteiger partial charge in [0.25, 0.3) is 0 Å². The molecule has 1 spiro atoms. The van der Waals surface area contributed by atoms with Gasteiger partial charge in [-0.15, -0.1) is 0 Å². The molecule has 1 aliphatic heterocycles. The molecule has 5 atom stereocenters. The smallest absolute Gasteiger partial charge is 0.174 e. The minimum absolute atomic E-state index is 0.00565. The highest BCUT2D eigenvalue weighted by molar-refractivity contribution is 5.41. The zero-order valence-electron chi connectivity index (χ0n) is 19.0. The summed E-state index contributed by atoms with van der Waals surface area (Å²) in [4.78, 5) is 0. The molecule has 1 heterocycles. The zero-order chi connectivity index (χ0) is 21.8. The topological polar surface area (TPSA) is 47.9 Å². The predicted molar refractivity (Wildman–Crippen MR) is 122 cm³/mol. The van der Waals surface area contributed by atoms with Gasteiger partial charge in [0.2, 0.25) is 0 Å². The minimum Gasteiger partial charge on any atom is -0.489 e. The van der Waals surface area contributed by atoms with Crippen molar-refractivity contribution in [3.63, 3.8) is 0 Å².